The summed E-state index contributed by atoms with van der Waals surface area (Å²) in [5.41, 5.74) is 8.05. The summed E-state index contributed by atoms with van der Waals surface area (Å²) in [6.07, 6.45) is 2.65. The van der Waals surface area contributed by atoms with Gasteiger partial charge in [0.15, 0.2) is 11.5 Å². The SMILES string of the molecule is CCc1ccc(Oc2cc([C@@H](C)N)ccn2)c(OC)c1. The fourth-order valence-corrected chi connectivity index (χ4v) is 1.89. The number of ether oxygens (including phenoxy) is 2. The van der Waals surface area contributed by atoms with Gasteiger partial charge in [-0.2, -0.15) is 0 Å². The maximum atomic E-state index is 5.86. The Morgan fingerprint density at radius 1 is 1.20 bits per heavy atom. The second kappa shape index (κ2) is 6.39. The van der Waals surface area contributed by atoms with Crippen molar-refractivity contribution >= 4 is 0 Å². The molecule has 0 saturated carbocycles. The van der Waals surface area contributed by atoms with Crippen LogP contribution in [0.3, 0.4) is 0 Å². The minimum Gasteiger partial charge on any atom is -0.493 e. The highest BCUT2D eigenvalue weighted by atomic mass is 16.5. The lowest BCUT2D eigenvalue weighted by molar-refractivity contribution is 0.373. The molecule has 20 heavy (non-hydrogen) atoms. The quantitative estimate of drug-likeness (QED) is 0.905. The van der Waals surface area contributed by atoms with Gasteiger partial charge in [-0.15, -0.1) is 0 Å². The number of hydrogen-bond acceptors (Lipinski definition) is 4. The molecule has 4 heteroatoms. The molecule has 0 aliphatic rings. The van der Waals surface area contributed by atoms with Gasteiger partial charge in [-0.3, -0.25) is 0 Å². The van der Waals surface area contributed by atoms with Crippen LogP contribution in [0.2, 0.25) is 0 Å². The first-order valence-corrected chi connectivity index (χ1v) is 6.70. The molecule has 0 unspecified atom stereocenters. The Kier molecular flexibility index (Phi) is 4.58. The fraction of sp³-hybridized carbons (Fsp3) is 0.312. The number of aromatic nitrogens is 1. The predicted octanol–water partition coefficient (Wildman–Crippen LogP) is 3.46. The second-order valence-electron chi connectivity index (χ2n) is 4.66. The van der Waals surface area contributed by atoms with E-state index in [1.54, 1.807) is 13.3 Å². The number of benzene rings is 1. The van der Waals surface area contributed by atoms with E-state index in [0.717, 1.165) is 12.0 Å². The van der Waals surface area contributed by atoms with Crippen molar-refractivity contribution in [3.05, 3.63) is 47.7 Å². The summed E-state index contributed by atoms with van der Waals surface area (Å²) in [7, 11) is 1.63. The van der Waals surface area contributed by atoms with Gasteiger partial charge in [-0.1, -0.05) is 13.0 Å². The van der Waals surface area contributed by atoms with Crippen LogP contribution in [0.25, 0.3) is 0 Å². The van der Waals surface area contributed by atoms with Gasteiger partial charge < -0.3 is 15.2 Å². The molecule has 0 aliphatic carbocycles. The molecule has 2 aromatic rings. The van der Waals surface area contributed by atoms with Gasteiger partial charge in [0.25, 0.3) is 0 Å². The molecule has 2 N–H and O–H groups in total. The molecule has 4 nitrogen and oxygen atoms in total. The molecule has 1 atom stereocenters. The Morgan fingerprint density at radius 2 is 2.00 bits per heavy atom. The zero-order valence-electron chi connectivity index (χ0n) is 12.1. The van der Waals surface area contributed by atoms with E-state index in [9.17, 15) is 0 Å². The third-order valence-corrected chi connectivity index (χ3v) is 3.14. The first-order valence-electron chi connectivity index (χ1n) is 6.70. The maximum Gasteiger partial charge on any atom is 0.219 e. The summed E-state index contributed by atoms with van der Waals surface area (Å²) < 4.78 is 11.2. The van der Waals surface area contributed by atoms with E-state index in [4.69, 9.17) is 15.2 Å². The van der Waals surface area contributed by atoms with Crippen molar-refractivity contribution in [2.24, 2.45) is 5.73 Å². The van der Waals surface area contributed by atoms with Crippen molar-refractivity contribution in [3.63, 3.8) is 0 Å². The number of pyridine rings is 1. The minimum absolute atomic E-state index is 0.0512. The molecule has 0 aliphatic heterocycles. The van der Waals surface area contributed by atoms with Gasteiger partial charge in [0.1, 0.15) is 0 Å². The number of nitrogens with two attached hydrogens (primary N) is 1. The van der Waals surface area contributed by atoms with Crippen molar-refractivity contribution in [2.75, 3.05) is 7.11 Å². The van der Waals surface area contributed by atoms with Crippen LogP contribution in [0.1, 0.15) is 31.0 Å². The molecule has 1 heterocycles. The summed E-state index contributed by atoms with van der Waals surface area (Å²) in [6, 6.07) is 9.58. The van der Waals surface area contributed by atoms with Gasteiger partial charge in [0.2, 0.25) is 5.88 Å². The van der Waals surface area contributed by atoms with E-state index >= 15 is 0 Å². The van der Waals surface area contributed by atoms with E-state index in [-0.39, 0.29) is 6.04 Å². The zero-order chi connectivity index (χ0) is 14.5. The third kappa shape index (κ3) is 3.27. The highest BCUT2D eigenvalue weighted by Gasteiger charge is 2.08. The topological polar surface area (TPSA) is 57.4 Å². The highest BCUT2D eigenvalue weighted by Crippen LogP contribution is 2.32. The van der Waals surface area contributed by atoms with E-state index in [0.29, 0.717) is 17.4 Å². The normalized spacial score (nSPS) is 12.0. The van der Waals surface area contributed by atoms with Crippen LogP contribution in [-0.4, -0.2) is 12.1 Å². The van der Waals surface area contributed by atoms with Crippen molar-refractivity contribution in [2.45, 2.75) is 26.3 Å². The van der Waals surface area contributed by atoms with E-state index in [1.165, 1.54) is 5.56 Å². The number of hydrogen-bond donors (Lipinski definition) is 1. The van der Waals surface area contributed by atoms with E-state index in [2.05, 4.69) is 11.9 Å². The first-order chi connectivity index (χ1) is 9.63. The lowest BCUT2D eigenvalue weighted by atomic mass is 10.1. The van der Waals surface area contributed by atoms with E-state index in [1.807, 2.05) is 37.3 Å². The standard InChI is InChI=1S/C16H20N2O2/c1-4-12-5-6-14(15(9-12)19-3)20-16-10-13(11(2)17)7-8-18-16/h5-11H,4,17H2,1-3H3/t11-/m1/s1. The molecule has 1 aromatic heterocycles. The second-order valence-corrected chi connectivity index (χ2v) is 4.66. The van der Waals surface area contributed by atoms with Crippen LogP contribution in [0.5, 0.6) is 17.4 Å². The molecule has 0 bridgehead atoms. The Labute approximate surface area is 119 Å². The summed E-state index contributed by atoms with van der Waals surface area (Å²) in [6.45, 7) is 4.03. The van der Waals surface area contributed by atoms with Gasteiger partial charge in [0.05, 0.1) is 7.11 Å². The Balaban J connectivity index is 2.27. The summed E-state index contributed by atoms with van der Waals surface area (Å²) in [5.74, 6) is 1.87. The number of nitrogens with zero attached hydrogens (tertiary/aromatic N) is 1. The maximum absolute atomic E-state index is 5.86. The average Bonchev–Trinajstić information content (AvgIpc) is 2.48. The Hall–Kier alpha value is -2.07. The largest absolute Gasteiger partial charge is 0.493 e. The molecule has 0 amide bonds. The molecule has 2 rings (SSSR count). The molecule has 0 spiro atoms. The lowest BCUT2D eigenvalue weighted by Crippen LogP contribution is -2.05. The lowest BCUT2D eigenvalue weighted by Gasteiger charge is -2.12. The van der Waals surface area contributed by atoms with Crippen molar-refractivity contribution in [3.8, 4) is 17.4 Å². The molecule has 0 saturated heterocycles. The van der Waals surface area contributed by atoms with Gasteiger partial charge in [0, 0.05) is 18.3 Å². The van der Waals surface area contributed by atoms with Gasteiger partial charge >= 0.3 is 0 Å². The third-order valence-electron chi connectivity index (χ3n) is 3.14. The molecule has 106 valence electrons. The molecular weight excluding hydrogens is 252 g/mol. The highest BCUT2D eigenvalue weighted by molar-refractivity contribution is 5.44. The minimum atomic E-state index is -0.0512. The fourth-order valence-electron chi connectivity index (χ4n) is 1.89. The Bertz CT molecular complexity index is 582. The number of methoxy groups -OCH3 is 1. The molecular formula is C16H20N2O2. The predicted molar refractivity (Wildman–Crippen MR) is 79.3 cm³/mol. The average molecular weight is 272 g/mol. The van der Waals surface area contributed by atoms with Crippen molar-refractivity contribution in [1.29, 1.82) is 0 Å². The summed E-state index contributed by atoms with van der Waals surface area (Å²) in [4.78, 5) is 4.20. The summed E-state index contributed by atoms with van der Waals surface area (Å²) in [5, 5.41) is 0. The van der Waals surface area contributed by atoms with Crippen LogP contribution in [0, 0.1) is 0 Å². The Morgan fingerprint density at radius 3 is 2.65 bits per heavy atom. The smallest absolute Gasteiger partial charge is 0.219 e. The van der Waals surface area contributed by atoms with Crippen LogP contribution >= 0.6 is 0 Å². The van der Waals surface area contributed by atoms with Gasteiger partial charge in [-0.25, -0.2) is 4.98 Å². The molecule has 1 aromatic carbocycles. The van der Waals surface area contributed by atoms with Crippen LogP contribution in [0.4, 0.5) is 0 Å². The number of aryl methyl sites for hydroxylation is 1. The van der Waals surface area contributed by atoms with Crippen molar-refractivity contribution in [1.82, 2.24) is 4.98 Å². The number of rotatable bonds is 5. The van der Waals surface area contributed by atoms with Crippen LogP contribution in [-0.2, 0) is 6.42 Å². The van der Waals surface area contributed by atoms with E-state index < -0.39 is 0 Å². The first kappa shape index (κ1) is 14.3. The molecule has 0 radical (unpaired) electrons. The van der Waals surface area contributed by atoms with Crippen molar-refractivity contribution < 1.29 is 9.47 Å². The zero-order valence-corrected chi connectivity index (χ0v) is 12.1. The van der Waals surface area contributed by atoms with Crippen LogP contribution in [0.15, 0.2) is 36.5 Å². The summed E-state index contributed by atoms with van der Waals surface area (Å²) >= 11 is 0. The van der Waals surface area contributed by atoms with Crippen LogP contribution < -0.4 is 15.2 Å². The van der Waals surface area contributed by atoms with Gasteiger partial charge in [-0.05, 0) is 42.7 Å². The monoisotopic (exact) mass is 272 g/mol. The molecule has 0 fully saturated rings.